The second kappa shape index (κ2) is 3.89. The van der Waals surface area contributed by atoms with Gasteiger partial charge < -0.3 is 9.15 Å². The summed E-state index contributed by atoms with van der Waals surface area (Å²) in [4.78, 5) is 6.41. The Bertz CT molecular complexity index is 248. The van der Waals surface area contributed by atoms with Crippen LogP contribution in [-0.4, -0.2) is 36.2 Å². The second-order valence-electron chi connectivity index (χ2n) is 3.36. The fourth-order valence-corrected chi connectivity index (χ4v) is 1.68. The zero-order valence-corrected chi connectivity index (χ0v) is 7.77. The number of aromatic nitrogens is 1. The summed E-state index contributed by atoms with van der Waals surface area (Å²) >= 11 is 0. The molecule has 0 radical (unpaired) electrons. The summed E-state index contributed by atoms with van der Waals surface area (Å²) in [5.74, 6) is 0. The number of nitrogens with zero attached hydrogens (tertiary/aromatic N) is 2. The van der Waals surface area contributed by atoms with E-state index in [-0.39, 0.29) is 0 Å². The quantitative estimate of drug-likeness (QED) is 0.696. The van der Waals surface area contributed by atoms with Gasteiger partial charge in [-0.15, -0.1) is 0 Å². The minimum absolute atomic E-state index is 0.395. The lowest BCUT2D eigenvalue weighted by Gasteiger charge is -2.12. The van der Waals surface area contributed by atoms with Crippen LogP contribution in [0.4, 0.5) is 0 Å². The molecule has 2 heterocycles. The molecule has 1 aromatic heterocycles. The van der Waals surface area contributed by atoms with E-state index in [2.05, 4.69) is 9.88 Å². The first kappa shape index (κ1) is 8.72. The molecule has 0 saturated carbocycles. The summed E-state index contributed by atoms with van der Waals surface area (Å²) in [6, 6.07) is 0. The lowest BCUT2D eigenvalue weighted by atomic mass is 10.3. The van der Waals surface area contributed by atoms with Gasteiger partial charge in [0.05, 0.1) is 11.8 Å². The first-order valence-electron chi connectivity index (χ1n) is 4.50. The summed E-state index contributed by atoms with van der Waals surface area (Å²) in [5, 5.41) is 0. The van der Waals surface area contributed by atoms with E-state index in [1.165, 1.54) is 6.39 Å². The van der Waals surface area contributed by atoms with Crippen LogP contribution >= 0.6 is 0 Å². The van der Waals surface area contributed by atoms with E-state index in [1.807, 2.05) is 0 Å². The average molecular weight is 182 g/mol. The predicted octanol–water partition coefficient (Wildman–Crippen LogP) is 0.895. The molecule has 1 aliphatic rings. The van der Waals surface area contributed by atoms with Crippen molar-refractivity contribution in [2.45, 2.75) is 19.1 Å². The van der Waals surface area contributed by atoms with Crippen LogP contribution in [0.15, 0.2) is 17.1 Å². The Morgan fingerprint density at radius 3 is 3.31 bits per heavy atom. The second-order valence-corrected chi connectivity index (χ2v) is 3.36. The van der Waals surface area contributed by atoms with E-state index >= 15 is 0 Å². The van der Waals surface area contributed by atoms with Crippen LogP contribution < -0.4 is 0 Å². The maximum absolute atomic E-state index is 5.28. The van der Waals surface area contributed by atoms with Gasteiger partial charge in [-0.1, -0.05) is 0 Å². The van der Waals surface area contributed by atoms with Gasteiger partial charge in [-0.3, -0.25) is 4.90 Å². The van der Waals surface area contributed by atoms with Crippen LogP contribution in [-0.2, 0) is 11.3 Å². The average Bonchev–Trinajstić information content (AvgIpc) is 2.76. The highest BCUT2D eigenvalue weighted by Gasteiger charge is 2.22. The van der Waals surface area contributed by atoms with Crippen molar-refractivity contribution < 1.29 is 9.15 Å². The Balaban J connectivity index is 1.84. The van der Waals surface area contributed by atoms with Gasteiger partial charge in [0.1, 0.15) is 6.26 Å². The lowest BCUT2D eigenvalue weighted by Crippen LogP contribution is -2.22. The normalized spacial score (nSPS) is 23.9. The third-order valence-corrected chi connectivity index (χ3v) is 2.43. The highest BCUT2D eigenvalue weighted by atomic mass is 16.5. The fraction of sp³-hybridized carbons (Fsp3) is 0.667. The van der Waals surface area contributed by atoms with Gasteiger partial charge in [0.15, 0.2) is 6.39 Å². The number of oxazole rings is 1. The molecule has 0 aliphatic carbocycles. The molecule has 1 aliphatic heterocycles. The molecule has 13 heavy (non-hydrogen) atoms. The smallest absolute Gasteiger partial charge is 0.180 e. The Hall–Kier alpha value is -0.870. The van der Waals surface area contributed by atoms with Crippen molar-refractivity contribution in [1.82, 2.24) is 9.88 Å². The fourth-order valence-electron chi connectivity index (χ4n) is 1.68. The number of hydrogen-bond acceptors (Lipinski definition) is 4. The minimum atomic E-state index is 0.395. The highest BCUT2D eigenvalue weighted by molar-refractivity contribution is 4.92. The molecular weight excluding hydrogens is 168 g/mol. The molecule has 1 aromatic rings. The van der Waals surface area contributed by atoms with Gasteiger partial charge in [0.25, 0.3) is 0 Å². The zero-order valence-electron chi connectivity index (χ0n) is 7.77. The summed E-state index contributed by atoms with van der Waals surface area (Å²) < 4.78 is 10.2. The minimum Gasteiger partial charge on any atom is -0.451 e. The third-order valence-electron chi connectivity index (χ3n) is 2.43. The van der Waals surface area contributed by atoms with Crippen LogP contribution in [0.25, 0.3) is 0 Å². The van der Waals surface area contributed by atoms with Crippen molar-refractivity contribution in [1.29, 1.82) is 0 Å². The standard InChI is InChI=1S/C9H14N2O2/c1-12-9-2-3-11(5-9)4-8-6-13-7-10-8/h6-7,9H,2-5H2,1H3/t9-/m1/s1. The van der Waals surface area contributed by atoms with Gasteiger partial charge in [-0.2, -0.15) is 0 Å². The van der Waals surface area contributed by atoms with E-state index in [0.717, 1.165) is 31.7 Å². The first-order chi connectivity index (χ1) is 6.38. The lowest BCUT2D eigenvalue weighted by molar-refractivity contribution is 0.107. The molecule has 0 N–H and O–H groups in total. The molecule has 0 unspecified atom stereocenters. The topological polar surface area (TPSA) is 38.5 Å². The monoisotopic (exact) mass is 182 g/mol. The predicted molar refractivity (Wildman–Crippen MR) is 47.2 cm³/mol. The molecule has 4 nitrogen and oxygen atoms in total. The van der Waals surface area contributed by atoms with Crippen molar-refractivity contribution in [3.05, 3.63) is 18.4 Å². The summed E-state index contributed by atoms with van der Waals surface area (Å²) in [6.07, 6.45) is 4.68. The third kappa shape index (κ3) is 2.08. The molecule has 0 bridgehead atoms. The number of likely N-dealkylation sites (tertiary alicyclic amines) is 1. The van der Waals surface area contributed by atoms with Crippen molar-refractivity contribution in [3.63, 3.8) is 0 Å². The van der Waals surface area contributed by atoms with Gasteiger partial charge in [0.2, 0.25) is 0 Å². The Labute approximate surface area is 77.5 Å². The molecule has 0 aromatic carbocycles. The number of hydrogen-bond donors (Lipinski definition) is 0. The first-order valence-corrected chi connectivity index (χ1v) is 4.50. The SMILES string of the molecule is CO[C@@H]1CCN(Cc2cocn2)C1. The van der Waals surface area contributed by atoms with Crippen molar-refractivity contribution >= 4 is 0 Å². The van der Waals surface area contributed by atoms with Crippen molar-refractivity contribution in [3.8, 4) is 0 Å². The maximum Gasteiger partial charge on any atom is 0.180 e. The van der Waals surface area contributed by atoms with E-state index < -0.39 is 0 Å². The van der Waals surface area contributed by atoms with Crippen molar-refractivity contribution in [2.24, 2.45) is 0 Å². The molecule has 0 spiro atoms. The van der Waals surface area contributed by atoms with Crippen molar-refractivity contribution in [2.75, 3.05) is 20.2 Å². The van der Waals surface area contributed by atoms with Gasteiger partial charge >= 0.3 is 0 Å². The molecule has 72 valence electrons. The van der Waals surface area contributed by atoms with Gasteiger partial charge in [-0.05, 0) is 6.42 Å². The number of ether oxygens (including phenoxy) is 1. The maximum atomic E-state index is 5.28. The zero-order chi connectivity index (χ0) is 9.10. The summed E-state index contributed by atoms with van der Waals surface area (Å²) in [6.45, 7) is 2.96. The molecule has 2 rings (SSSR count). The largest absolute Gasteiger partial charge is 0.451 e. The number of rotatable bonds is 3. The van der Waals surface area contributed by atoms with Crippen LogP contribution in [0.1, 0.15) is 12.1 Å². The number of methoxy groups -OCH3 is 1. The molecule has 4 heteroatoms. The van der Waals surface area contributed by atoms with E-state index in [1.54, 1.807) is 13.4 Å². The molecule has 1 saturated heterocycles. The Morgan fingerprint density at radius 1 is 1.77 bits per heavy atom. The van der Waals surface area contributed by atoms with Crippen LogP contribution in [0, 0.1) is 0 Å². The van der Waals surface area contributed by atoms with E-state index in [4.69, 9.17) is 9.15 Å². The van der Waals surface area contributed by atoms with Crippen LogP contribution in [0.3, 0.4) is 0 Å². The van der Waals surface area contributed by atoms with Crippen LogP contribution in [0.2, 0.25) is 0 Å². The summed E-state index contributed by atoms with van der Waals surface area (Å²) in [7, 11) is 1.77. The summed E-state index contributed by atoms with van der Waals surface area (Å²) in [5.41, 5.74) is 0.997. The Morgan fingerprint density at radius 2 is 2.69 bits per heavy atom. The molecule has 1 fully saturated rings. The highest BCUT2D eigenvalue weighted by Crippen LogP contribution is 2.14. The van der Waals surface area contributed by atoms with E-state index in [0.29, 0.717) is 6.10 Å². The Kier molecular flexibility index (Phi) is 2.61. The van der Waals surface area contributed by atoms with Gasteiger partial charge in [-0.25, -0.2) is 4.98 Å². The molecular formula is C9H14N2O2. The molecule has 1 atom stereocenters. The van der Waals surface area contributed by atoms with Crippen LogP contribution in [0.5, 0.6) is 0 Å². The van der Waals surface area contributed by atoms with E-state index in [9.17, 15) is 0 Å². The molecule has 0 amide bonds. The van der Waals surface area contributed by atoms with Gasteiger partial charge in [0, 0.05) is 26.7 Å².